The summed E-state index contributed by atoms with van der Waals surface area (Å²) in [4.78, 5) is 42.8. The lowest BCUT2D eigenvalue weighted by atomic mass is 9.97. The summed E-state index contributed by atoms with van der Waals surface area (Å²) in [6.07, 6.45) is 3.18. The van der Waals surface area contributed by atoms with Crippen LogP contribution in [-0.2, 0) is 19.1 Å². The molecule has 3 aromatic rings. The number of aromatic nitrogens is 1. The normalized spacial score (nSPS) is 14.4. The van der Waals surface area contributed by atoms with Crippen LogP contribution in [0.3, 0.4) is 0 Å². The van der Waals surface area contributed by atoms with E-state index in [0.717, 1.165) is 5.56 Å². The fourth-order valence-corrected chi connectivity index (χ4v) is 5.11. The number of methoxy groups -OCH3 is 1. The lowest BCUT2D eigenvalue weighted by molar-refractivity contribution is -0.145. The van der Waals surface area contributed by atoms with Gasteiger partial charge in [0, 0.05) is 6.20 Å². The average Bonchev–Trinajstić information content (AvgIpc) is 3.27. The third-order valence-electron chi connectivity index (χ3n) is 5.85. The van der Waals surface area contributed by atoms with Gasteiger partial charge in [-0.25, -0.2) is 14.6 Å². The number of ether oxygens (including phenoxy) is 5. The maximum absolute atomic E-state index is 13.7. The number of thiazole rings is 1. The van der Waals surface area contributed by atoms with E-state index in [1.54, 1.807) is 55.5 Å². The molecule has 1 atom stereocenters. The van der Waals surface area contributed by atoms with Crippen molar-refractivity contribution in [3.05, 3.63) is 85.1 Å². The van der Waals surface area contributed by atoms with Gasteiger partial charge in [-0.1, -0.05) is 29.5 Å². The molecule has 11 heteroatoms. The standard InChI is InChI=1S/C29H30N2O8S/c1-5-36-22-13-10-19(15-23(22)37-6-2)26-21(28(34)35-4)16-30-29-31(26)27(33)24(40-29)14-18-8-11-20(12-9-18)39-17-25(32)38-7-3/h8-16,26H,5-7,17H2,1-4H3/b24-14-/t26-/m0/s1. The molecule has 0 aliphatic carbocycles. The number of nitrogens with zero attached hydrogens (tertiary/aromatic N) is 2. The van der Waals surface area contributed by atoms with E-state index in [4.69, 9.17) is 23.7 Å². The SMILES string of the molecule is CCOC(=O)COc1ccc(/C=c2\sc3n(c2=O)[C@@H](c2ccc(OCC)c(OCC)c2)C(C(=O)OC)=CN=3)cc1. The topological polar surface area (TPSA) is 115 Å². The summed E-state index contributed by atoms with van der Waals surface area (Å²) in [5, 5.41) is 0. The van der Waals surface area contributed by atoms with Gasteiger partial charge in [-0.2, -0.15) is 0 Å². The molecule has 0 N–H and O–H groups in total. The summed E-state index contributed by atoms with van der Waals surface area (Å²) in [6, 6.07) is 11.5. The van der Waals surface area contributed by atoms with E-state index >= 15 is 0 Å². The highest BCUT2D eigenvalue weighted by atomic mass is 32.1. The second kappa shape index (κ2) is 13.1. The van der Waals surface area contributed by atoms with Gasteiger partial charge in [0.05, 0.1) is 43.1 Å². The summed E-state index contributed by atoms with van der Waals surface area (Å²) in [5.41, 5.74) is 1.31. The predicted molar refractivity (Wildman–Crippen MR) is 149 cm³/mol. The van der Waals surface area contributed by atoms with Gasteiger partial charge in [-0.3, -0.25) is 9.36 Å². The van der Waals surface area contributed by atoms with E-state index in [2.05, 4.69) is 4.99 Å². The Morgan fingerprint density at radius 3 is 2.38 bits per heavy atom. The number of carbonyl (C=O) groups is 2. The van der Waals surface area contributed by atoms with Crippen LogP contribution < -0.4 is 29.1 Å². The van der Waals surface area contributed by atoms with E-state index < -0.39 is 18.0 Å². The molecule has 0 amide bonds. The van der Waals surface area contributed by atoms with Crippen LogP contribution in [0.1, 0.15) is 37.9 Å². The van der Waals surface area contributed by atoms with Crippen LogP contribution in [0.25, 0.3) is 6.08 Å². The third-order valence-corrected chi connectivity index (χ3v) is 6.84. The molecule has 0 spiro atoms. The fraction of sp³-hybridized carbons (Fsp3) is 0.310. The molecule has 210 valence electrons. The molecule has 10 nitrogen and oxygen atoms in total. The molecule has 0 saturated carbocycles. The Hall–Kier alpha value is -4.38. The summed E-state index contributed by atoms with van der Waals surface area (Å²) in [6.45, 7) is 6.44. The number of benzene rings is 2. The Balaban J connectivity index is 1.73. The molecule has 2 aromatic carbocycles. The van der Waals surface area contributed by atoms with Crippen molar-refractivity contribution in [3.8, 4) is 17.2 Å². The first-order valence-corrected chi connectivity index (χ1v) is 13.6. The molecule has 1 aliphatic heterocycles. The minimum absolute atomic E-state index is 0.190. The van der Waals surface area contributed by atoms with Crippen molar-refractivity contribution >= 4 is 29.4 Å². The molecule has 2 heterocycles. The Bertz CT molecular complexity index is 1590. The van der Waals surface area contributed by atoms with Gasteiger partial charge in [0.25, 0.3) is 5.56 Å². The van der Waals surface area contributed by atoms with Gasteiger partial charge < -0.3 is 23.7 Å². The first-order valence-electron chi connectivity index (χ1n) is 12.8. The highest BCUT2D eigenvalue weighted by molar-refractivity contribution is 7.07. The first-order chi connectivity index (χ1) is 19.4. The Kier molecular flexibility index (Phi) is 9.39. The highest BCUT2D eigenvalue weighted by Crippen LogP contribution is 2.35. The highest BCUT2D eigenvalue weighted by Gasteiger charge is 2.31. The molecule has 0 radical (unpaired) electrons. The molecule has 0 saturated heterocycles. The van der Waals surface area contributed by atoms with Crippen LogP contribution in [0.5, 0.6) is 17.2 Å². The number of esters is 2. The average molecular weight is 567 g/mol. The molecular weight excluding hydrogens is 536 g/mol. The van der Waals surface area contributed by atoms with Crippen molar-refractivity contribution < 1.29 is 33.3 Å². The van der Waals surface area contributed by atoms with Crippen LogP contribution in [0.15, 0.2) is 64.0 Å². The summed E-state index contributed by atoms with van der Waals surface area (Å²) >= 11 is 1.21. The van der Waals surface area contributed by atoms with Crippen LogP contribution in [0.2, 0.25) is 0 Å². The largest absolute Gasteiger partial charge is 0.490 e. The number of fused-ring (bicyclic) bond motifs is 1. The van der Waals surface area contributed by atoms with Crippen LogP contribution >= 0.6 is 11.3 Å². The summed E-state index contributed by atoms with van der Waals surface area (Å²) in [7, 11) is 1.29. The van der Waals surface area contributed by atoms with Crippen molar-refractivity contribution in [1.82, 2.24) is 4.57 Å². The molecule has 40 heavy (non-hydrogen) atoms. The van der Waals surface area contributed by atoms with E-state index in [1.807, 2.05) is 13.8 Å². The van der Waals surface area contributed by atoms with Crippen LogP contribution in [0.4, 0.5) is 0 Å². The second-order valence-corrected chi connectivity index (χ2v) is 9.42. The summed E-state index contributed by atoms with van der Waals surface area (Å²) < 4.78 is 28.7. The minimum Gasteiger partial charge on any atom is -0.490 e. The molecule has 4 rings (SSSR count). The van der Waals surface area contributed by atoms with Crippen molar-refractivity contribution in [1.29, 1.82) is 0 Å². The van der Waals surface area contributed by atoms with Gasteiger partial charge in [0.1, 0.15) is 5.75 Å². The monoisotopic (exact) mass is 566 g/mol. The molecule has 1 aromatic heterocycles. The van der Waals surface area contributed by atoms with E-state index in [-0.39, 0.29) is 24.3 Å². The van der Waals surface area contributed by atoms with E-state index in [1.165, 1.54) is 29.2 Å². The number of rotatable bonds is 11. The molecule has 0 fully saturated rings. The Labute approximate surface area is 234 Å². The van der Waals surface area contributed by atoms with Crippen LogP contribution in [-0.4, -0.2) is 50.0 Å². The quantitative estimate of drug-likeness (QED) is 0.326. The Morgan fingerprint density at radius 1 is 0.975 bits per heavy atom. The number of hydrogen-bond donors (Lipinski definition) is 0. The maximum Gasteiger partial charge on any atom is 0.344 e. The fourth-order valence-electron chi connectivity index (χ4n) is 4.14. The lowest BCUT2D eigenvalue weighted by Gasteiger charge is -2.23. The van der Waals surface area contributed by atoms with Crippen molar-refractivity contribution in [2.45, 2.75) is 26.8 Å². The van der Waals surface area contributed by atoms with Crippen molar-refractivity contribution in [3.63, 3.8) is 0 Å². The lowest BCUT2D eigenvalue weighted by Crippen LogP contribution is -2.39. The zero-order valence-electron chi connectivity index (χ0n) is 22.7. The third kappa shape index (κ3) is 6.26. The van der Waals surface area contributed by atoms with Crippen molar-refractivity contribution in [2.24, 2.45) is 4.99 Å². The van der Waals surface area contributed by atoms with Gasteiger partial charge in [0.2, 0.25) is 0 Å². The Morgan fingerprint density at radius 2 is 1.70 bits per heavy atom. The van der Waals surface area contributed by atoms with Gasteiger partial charge in [-0.05, 0) is 62.2 Å². The maximum atomic E-state index is 13.7. The predicted octanol–water partition coefficient (Wildman–Crippen LogP) is 2.76. The molecule has 0 unspecified atom stereocenters. The van der Waals surface area contributed by atoms with Gasteiger partial charge in [0.15, 0.2) is 22.9 Å². The number of hydrogen-bond acceptors (Lipinski definition) is 10. The second-order valence-electron chi connectivity index (χ2n) is 8.41. The zero-order chi connectivity index (χ0) is 28.6. The first kappa shape index (κ1) is 28.6. The minimum atomic E-state index is -0.778. The molecule has 1 aliphatic rings. The van der Waals surface area contributed by atoms with Crippen LogP contribution in [0, 0.1) is 0 Å². The smallest absolute Gasteiger partial charge is 0.344 e. The van der Waals surface area contributed by atoms with Gasteiger partial charge in [-0.15, -0.1) is 0 Å². The van der Waals surface area contributed by atoms with Gasteiger partial charge >= 0.3 is 11.9 Å². The van der Waals surface area contributed by atoms with Crippen molar-refractivity contribution in [2.75, 3.05) is 33.5 Å². The zero-order valence-corrected chi connectivity index (χ0v) is 23.5. The van der Waals surface area contributed by atoms with E-state index in [9.17, 15) is 14.4 Å². The molecule has 0 bridgehead atoms. The number of carbonyl (C=O) groups excluding carboxylic acids is 2. The summed E-state index contributed by atoms with van der Waals surface area (Å²) in [5.74, 6) is 0.534. The van der Waals surface area contributed by atoms with E-state index in [0.29, 0.717) is 45.4 Å². The molecular formula is C29H30N2O8S.